The molecule has 2 aromatic rings. The minimum absolute atomic E-state index is 0.977. The Morgan fingerprint density at radius 1 is 1.21 bits per heavy atom. The SMILES string of the molecule is C1=C[N]C(c2ccc3[nH]cnc3c2)=C1. The molecule has 0 unspecified atom stereocenters. The van der Waals surface area contributed by atoms with Crippen molar-refractivity contribution in [2.75, 3.05) is 0 Å². The van der Waals surface area contributed by atoms with Crippen molar-refractivity contribution in [2.45, 2.75) is 0 Å². The maximum Gasteiger partial charge on any atom is 0.0931 e. The first-order valence-corrected chi connectivity index (χ1v) is 4.45. The van der Waals surface area contributed by atoms with Crippen LogP contribution in [0.4, 0.5) is 0 Å². The van der Waals surface area contributed by atoms with Crippen LogP contribution in [0.3, 0.4) is 0 Å². The van der Waals surface area contributed by atoms with E-state index in [9.17, 15) is 0 Å². The average Bonchev–Trinajstić information content (AvgIpc) is 2.88. The summed E-state index contributed by atoms with van der Waals surface area (Å²) in [7, 11) is 0. The van der Waals surface area contributed by atoms with E-state index in [1.54, 1.807) is 12.5 Å². The zero-order valence-electron chi connectivity index (χ0n) is 7.44. The fourth-order valence-corrected chi connectivity index (χ4v) is 1.56. The molecule has 0 bridgehead atoms. The third-order valence-electron chi connectivity index (χ3n) is 2.27. The third-order valence-corrected chi connectivity index (χ3v) is 2.27. The van der Waals surface area contributed by atoms with Crippen LogP contribution in [0.1, 0.15) is 5.56 Å². The first-order valence-electron chi connectivity index (χ1n) is 4.45. The quantitative estimate of drug-likeness (QED) is 0.720. The zero-order valence-corrected chi connectivity index (χ0v) is 7.44. The van der Waals surface area contributed by atoms with Crippen molar-refractivity contribution >= 4 is 16.7 Å². The van der Waals surface area contributed by atoms with Gasteiger partial charge in [0.05, 0.1) is 23.1 Å². The van der Waals surface area contributed by atoms with Crippen molar-refractivity contribution in [3.63, 3.8) is 0 Å². The second-order valence-electron chi connectivity index (χ2n) is 3.16. The van der Waals surface area contributed by atoms with E-state index >= 15 is 0 Å². The first kappa shape index (κ1) is 7.38. The summed E-state index contributed by atoms with van der Waals surface area (Å²) < 4.78 is 0. The smallest absolute Gasteiger partial charge is 0.0931 e. The average molecular weight is 182 g/mol. The number of imidazole rings is 1. The summed E-state index contributed by atoms with van der Waals surface area (Å²) in [6, 6.07) is 6.10. The van der Waals surface area contributed by atoms with Crippen molar-refractivity contribution < 1.29 is 0 Å². The van der Waals surface area contributed by atoms with Crippen molar-refractivity contribution in [3.8, 4) is 0 Å². The van der Waals surface area contributed by atoms with Crippen LogP contribution in [0.2, 0.25) is 0 Å². The molecule has 2 heterocycles. The lowest BCUT2D eigenvalue weighted by Crippen LogP contribution is -1.91. The molecule has 1 aromatic carbocycles. The molecule has 3 heteroatoms. The molecule has 1 radical (unpaired) electrons. The highest BCUT2D eigenvalue weighted by molar-refractivity contribution is 5.81. The lowest BCUT2D eigenvalue weighted by atomic mass is 10.1. The van der Waals surface area contributed by atoms with Gasteiger partial charge in [-0.3, -0.25) is 5.32 Å². The van der Waals surface area contributed by atoms with Gasteiger partial charge in [0.15, 0.2) is 0 Å². The number of rotatable bonds is 1. The molecule has 0 aliphatic carbocycles. The molecule has 0 amide bonds. The summed E-state index contributed by atoms with van der Waals surface area (Å²) in [5.41, 5.74) is 4.13. The number of aromatic nitrogens is 2. The van der Waals surface area contributed by atoms with Crippen LogP contribution >= 0.6 is 0 Å². The minimum atomic E-state index is 0.977. The van der Waals surface area contributed by atoms with Gasteiger partial charge in [-0.2, -0.15) is 0 Å². The van der Waals surface area contributed by atoms with E-state index in [1.165, 1.54) is 0 Å². The van der Waals surface area contributed by atoms with Gasteiger partial charge >= 0.3 is 0 Å². The van der Waals surface area contributed by atoms with Crippen LogP contribution in [0.25, 0.3) is 16.7 Å². The lowest BCUT2D eigenvalue weighted by Gasteiger charge is -2.00. The fourth-order valence-electron chi connectivity index (χ4n) is 1.56. The Bertz CT molecular complexity index is 534. The lowest BCUT2D eigenvalue weighted by molar-refractivity contribution is 1.23. The van der Waals surface area contributed by atoms with E-state index in [2.05, 4.69) is 15.3 Å². The molecule has 0 fully saturated rings. The molecular weight excluding hydrogens is 174 g/mol. The maximum atomic E-state index is 4.24. The van der Waals surface area contributed by atoms with Crippen LogP contribution in [-0.4, -0.2) is 9.97 Å². The normalized spacial score (nSPS) is 14.4. The summed E-state index contributed by atoms with van der Waals surface area (Å²) in [5.74, 6) is 0. The van der Waals surface area contributed by atoms with Crippen molar-refractivity contribution in [2.24, 2.45) is 0 Å². The second kappa shape index (κ2) is 2.73. The molecular formula is C11H8N3. The number of hydrogen-bond acceptors (Lipinski definition) is 1. The predicted octanol–water partition coefficient (Wildman–Crippen LogP) is 2.04. The number of allylic oxidation sites excluding steroid dienone is 2. The summed E-state index contributed by atoms with van der Waals surface area (Å²) in [6.07, 6.45) is 7.43. The van der Waals surface area contributed by atoms with Gasteiger partial charge < -0.3 is 4.98 Å². The largest absolute Gasteiger partial charge is 0.345 e. The van der Waals surface area contributed by atoms with Crippen molar-refractivity contribution in [1.82, 2.24) is 15.3 Å². The Hall–Kier alpha value is -2.03. The number of benzene rings is 1. The van der Waals surface area contributed by atoms with E-state index < -0.39 is 0 Å². The van der Waals surface area contributed by atoms with Crippen LogP contribution in [0, 0.1) is 0 Å². The Labute approximate surface area is 81.2 Å². The Morgan fingerprint density at radius 3 is 3.07 bits per heavy atom. The van der Waals surface area contributed by atoms with Crippen LogP contribution in [0.5, 0.6) is 0 Å². The molecule has 67 valence electrons. The molecule has 1 N–H and O–H groups in total. The molecule has 1 aliphatic heterocycles. The Balaban J connectivity index is 2.13. The van der Waals surface area contributed by atoms with Crippen LogP contribution in [-0.2, 0) is 0 Å². The Morgan fingerprint density at radius 2 is 2.21 bits per heavy atom. The summed E-state index contributed by atoms with van der Waals surface area (Å²) in [5, 5.41) is 4.24. The first-order chi connectivity index (χ1) is 6.93. The van der Waals surface area contributed by atoms with E-state index in [0.29, 0.717) is 0 Å². The van der Waals surface area contributed by atoms with Gasteiger partial charge in [-0.1, -0.05) is 6.07 Å². The van der Waals surface area contributed by atoms with Gasteiger partial charge in [0.1, 0.15) is 0 Å². The van der Waals surface area contributed by atoms with Crippen molar-refractivity contribution in [1.29, 1.82) is 0 Å². The van der Waals surface area contributed by atoms with Gasteiger partial charge in [0, 0.05) is 11.8 Å². The molecule has 14 heavy (non-hydrogen) atoms. The number of nitrogens with zero attached hydrogens (tertiary/aromatic N) is 2. The maximum absolute atomic E-state index is 4.24. The number of aromatic amines is 1. The van der Waals surface area contributed by atoms with Gasteiger partial charge in [-0.05, 0) is 24.3 Å². The van der Waals surface area contributed by atoms with Crippen LogP contribution in [0.15, 0.2) is 42.9 Å². The predicted molar refractivity (Wildman–Crippen MR) is 55.3 cm³/mol. The summed E-state index contributed by atoms with van der Waals surface area (Å²) >= 11 is 0. The molecule has 0 atom stereocenters. The number of hydrogen-bond donors (Lipinski definition) is 1. The van der Waals surface area contributed by atoms with Gasteiger partial charge in [-0.25, -0.2) is 4.98 Å². The molecule has 0 saturated heterocycles. The van der Waals surface area contributed by atoms with E-state index in [-0.39, 0.29) is 0 Å². The van der Waals surface area contributed by atoms with Gasteiger partial charge in [0.25, 0.3) is 0 Å². The van der Waals surface area contributed by atoms with E-state index in [4.69, 9.17) is 0 Å². The molecule has 3 nitrogen and oxygen atoms in total. The molecule has 0 saturated carbocycles. The molecule has 0 spiro atoms. The second-order valence-corrected chi connectivity index (χ2v) is 3.16. The Kier molecular flexibility index (Phi) is 1.44. The topological polar surface area (TPSA) is 42.8 Å². The zero-order chi connectivity index (χ0) is 9.38. The van der Waals surface area contributed by atoms with Crippen molar-refractivity contribution in [3.05, 3.63) is 48.4 Å². The highest BCUT2D eigenvalue weighted by Gasteiger charge is 2.05. The number of fused-ring (bicyclic) bond motifs is 1. The van der Waals surface area contributed by atoms with E-state index in [1.807, 2.05) is 30.4 Å². The van der Waals surface area contributed by atoms with Crippen LogP contribution < -0.4 is 5.32 Å². The fraction of sp³-hybridized carbons (Fsp3) is 0. The number of H-pyrrole nitrogens is 1. The van der Waals surface area contributed by atoms with Gasteiger partial charge in [0.2, 0.25) is 0 Å². The minimum Gasteiger partial charge on any atom is -0.345 e. The summed E-state index contributed by atoms with van der Waals surface area (Å²) in [4.78, 5) is 7.27. The monoisotopic (exact) mass is 182 g/mol. The van der Waals surface area contributed by atoms with E-state index in [0.717, 1.165) is 22.3 Å². The number of nitrogens with one attached hydrogen (secondary N) is 1. The highest BCUT2D eigenvalue weighted by atomic mass is 14.9. The highest BCUT2D eigenvalue weighted by Crippen LogP contribution is 2.20. The molecule has 3 rings (SSSR count). The molecule has 1 aromatic heterocycles. The van der Waals surface area contributed by atoms with Gasteiger partial charge in [-0.15, -0.1) is 0 Å². The molecule has 1 aliphatic rings. The standard InChI is InChI=1S/C11H8N3/c1-2-9(12-5-1)8-3-4-10-11(6-8)14-7-13-10/h1-7H,(H,13,14). The summed E-state index contributed by atoms with van der Waals surface area (Å²) in [6.45, 7) is 0. The third kappa shape index (κ3) is 1.03.